The molecular formula is C20H14FNO4. The smallest absolute Gasteiger partial charge is 0.336 e. The summed E-state index contributed by atoms with van der Waals surface area (Å²) in [5, 5.41) is 0.853. The highest BCUT2D eigenvalue weighted by Crippen LogP contribution is 2.24. The van der Waals surface area contributed by atoms with Gasteiger partial charge in [-0.15, -0.1) is 0 Å². The van der Waals surface area contributed by atoms with Gasteiger partial charge in [-0.2, -0.15) is 0 Å². The SMILES string of the molecule is Cc1cc(=O)oc2cc(OCc3ncc(-c4ccc(F)cc4)o3)ccc12. The fraction of sp³-hybridized carbons (Fsp3) is 0.100. The van der Waals surface area contributed by atoms with Crippen LogP contribution >= 0.6 is 0 Å². The molecule has 2 heterocycles. The Kier molecular flexibility index (Phi) is 4.01. The molecule has 0 aliphatic rings. The maximum absolute atomic E-state index is 13.0. The van der Waals surface area contributed by atoms with Crippen LogP contribution < -0.4 is 10.4 Å². The van der Waals surface area contributed by atoms with E-state index >= 15 is 0 Å². The second-order valence-corrected chi connectivity index (χ2v) is 5.82. The molecule has 0 aliphatic carbocycles. The van der Waals surface area contributed by atoms with Crippen LogP contribution in [-0.2, 0) is 6.61 Å². The third-order valence-electron chi connectivity index (χ3n) is 3.97. The van der Waals surface area contributed by atoms with E-state index in [1.807, 2.05) is 13.0 Å². The van der Waals surface area contributed by atoms with E-state index in [0.29, 0.717) is 23.0 Å². The number of fused-ring (bicyclic) bond motifs is 1. The van der Waals surface area contributed by atoms with Crippen LogP contribution in [0.15, 0.2) is 68.4 Å². The van der Waals surface area contributed by atoms with Crippen molar-refractivity contribution in [2.45, 2.75) is 13.5 Å². The summed E-state index contributed by atoms with van der Waals surface area (Å²) in [7, 11) is 0. The van der Waals surface area contributed by atoms with Crippen molar-refractivity contribution in [1.82, 2.24) is 4.98 Å². The largest absolute Gasteiger partial charge is 0.484 e. The zero-order valence-electron chi connectivity index (χ0n) is 13.9. The summed E-state index contributed by atoms with van der Waals surface area (Å²) in [4.78, 5) is 15.7. The molecule has 5 nitrogen and oxygen atoms in total. The predicted octanol–water partition coefficient (Wildman–Crippen LogP) is 4.47. The first-order valence-electron chi connectivity index (χ1n) is 7.96. The van der Waals surface area contributed by atoms with Gasteiger partial charge in [0.05, 0.1) is 6.20 Å². The molecular weight excluding hydrogens is 337 g/mol. The van der Waals surface area contributed by atoms with Crippen LogP contribution in [0.2, 0.25) is 0 Å². The van der Waals surface area contributed by atoms with Crippen LogP contribution in [0.3, 0.4) is 0 Å². The standard InChI is InChI=1S/C20H14FNO4/c1-12-8-20(23)26-17-9-15(6-7-16(12)17)24-11-19-22-10-18(25-19)13-2-4-14(21)5-3-13/h2-10H,11H2,1H3. The van der Waals surface area contributed by atoms with Crippen molar-refractivity contribution >= 4 is 11.0 Å². The molecule has 0 radical (unpaired) electrons. The van der Waals surface area contributed by atoms with E-state index < -0.39 is 5.63 Å². The van der Waals surface area contributed by atoms with Gasteiger partial charge >= 0.3 is 5.63 Å². The molecule has 0 unspecified atom stereocenters. The molecule has 130 valence electrons. The first-order chi connectivity index (χ1) is 12.6. The van der Waals surface area contributed by atoms with Gasteiger partial charge in [-0.05, 0) is 48.9 Å². The van der Waals surface area contributed by atoms with Gasteiger partial charge in [0.1, 0.15) is 17.1 Å². The van der Waals surface area contributed by atoms with Gasteiger partial charge in [0.25, 0.3) is 0 Å². The Morgan fingerprint density at radius 1 is 1.08 bits per heavy atom. The van der Waals surface area contributed by atoms with Crippen LogP contribution in [-0.4, -0.2) is 4.98 Å². The summed E-state index contributed by atoms with van der Waals surface area (Å²) in [5.74, 6) is 1.14. The highest BCUT2D eigenvalue weighted by atomic mass is 19.1. The Balaban J connectivity index is 1.51. The molecule has 4 rings (SSSR count). The molecule has 2 aromatic heterocycles. The monoisotopic (exact) mass is 351 g/mol. The number of hydrogen-bond acceptors (Lipinski definition) is 5. The van der Waals surface area contributed by atoms with Crippen molar-refractivity contribution in [3.63, 3.8) is 0 Å². The Labute approximate surface area is 147 Å². The third kappa shape index (κ3) is 3.21. The van der Waals surface area contributed by atoms with Crippen molar-refractivity contribution in [1.29, 1.82) is 0 Å². The summed E-state index contributed by atoms with van der Waals surface area (Å²) >= 11 is 0. The molecule has 6 heteroatoms. The predicted molar refractivity (Wildman–Crippen MR) is 93.5 cm³/mol. The van der Waals surface area contributed by atoms with Crippen LogP contribution in [0, 0.1) is 12.7 Å². The molecule has 0 bridgehead atoms. The summed E-state index contributed by atoms with van der Waals surface area (Å²) in [5.41, 5.74) is 1.64. The summed E-state index contributed by atoms with van der Waals surface area (Å²) in [6, 6.07) is 12.7. The molecule has 4 aromatic rings. The number of rotatable bonds is 4. The minimum absolute atomic E-state index is 0.114. The van der Waals surface area contributed by atoms with Crippen molar-refractivity contribution < 1.29 is 18.0 Å². The van der Waals surface area contributed by atoms with Gasteiger partial charge in [0, 0.05) is 23.1 Å². The van der Waals surface area contributed by atoms with E-state index in [1.54, 1.807) is 30.5 Å². The molecule has 0 amide bonds. The molecule has 0 saturated carbocycles. The number of aromatic nitrogens is 1. The molecule has 0 fully saturated rings. The Hall–Kier alpha value is -3.41. The van der Waals surface area contributed by atoms with Crippen molar-refractivity contribution in [2.24, 2.45) is 0 Å². The zero-order valence-corrected chi connectivity index (χ0v) is 13.9. The molecule has 0 N–H and O–H groups in total. The topological polar surface area (TPSA) is 65.5 Å². The molecule has 0 spiro atoms. The summed E-state index contributed by atoms with van der Waals surface area (Å²) in [6.07, 6.45) is 1.56. The number of nitrogens with zero attached hydrogens (tertiary/aromatic N) is 1. The lowest BCUT2D eigenvalue weighted by molar-refractivity contribution is 0.264. The molecule has 26 heavy (non-hydrogen) atoms. The number of ether oxygens (including phenoxy) is 1. The number of oxazole rings is 1. The van der Waals surface area contributed by atoms with E-state index in [9.17, 15) is 9.18 Å². The van der Waals surface area contributed by atoms with Crippen molar-refractivity contribution in [3.8, 4) is 17.1 Å². The van der Waals surface area contributed by atoms with E-state index in [4.69, 9.17) is 13.6 Å². The average Bonchev–Trinajstić information content (AvgIpc) is 3.09. The Morgan fingerprint density at radius 3 is 2.69 bits per heavy atom. The second kappa shape index (κ2) is 6.48. The van der Waals surface area contributed by atoms with Gasteiger partial charge in [-0.1, -0.05) is 0 Å². The third-order valence-corrected chi connectivity index (χ3v) is 3.97. The number of aryl methyl sites for hydroxylation is 1. The van der Waals surface area contributed by atoms with E-state index in [0.717, 1.165) is 16.5 Å². The number of hydrogen-bond donors (Lipinski definition) is 0. The number of benzene rings is 2. The minimum Gasteiger partial charge on any atom is -0.484 e. The quantitative estimate of drug-likeness (QED) is 0.507. The first kappa shape index (κ1) is 16.1. The van der Waals surface area contributed by atoms with Gasteiger partial charge in [0.15, 0.2) is 12.4 Å². The van der Waals surface area contributed by atoms with Crippen molar-refractivity contribution in [2.75, 3.05) is 0 Å². The Bertz CT molecular complexity index is 1130. The van der Waals surface area contributed by atoms with Gasteiger partial charge in [-0.3, -0.25) is 0 Å². The minimum atomic E-state index is -0.399. The number of halogens is 1. The molecule has 0 saturated heterocycles. The lowest BCUT2D eigenvalue weighted by Crippen LogP contribution is -1.99. The van der Waals surface area contributed by atoms with E-state index in [2.05, 4.69) is 4.98 Å². The maximum atomic E-state index is 13.0. The van der Waals surface area contributed by atoms with Crippen molar-refractivity contribution in [3.05, 3.63) is 82.4 Å². The summed E-state index contributed by atoms with van der Waals surface area (Å²) < 4.78 is 29.5. The van der Waals surface area contributed by atoms with Crippen LogP contribution in [0.1, 0.15) is 11.5 Å². The van der Waals surface area contributed by atoms with E-state index in [1.165, 1.54) is 18.2 Å². The maximum Gasteiger partial charge on any atom is 0.336 e. The van der Waals surface area contributed by atoms with Gasteiger partial charge in [0.2, 0.25) is 5.89 Å². The lowest BCUT2D eigenvalue weighted by atomic mass is 10.1. The first-order valence-corrected chi connectivity index (χ1v) is 7.96. The molecule has 0 aliphatic heterocycles. The van der Waals surface area contributed by atoms with Crippen LogP contribution in [0.25, 0.3) is 22.3 Å². The molecule has 2 aromatic carbocycles. The highest BCUT2D eigenvalue weighted by Gasteiger charge is 2.09. The van der Waals surface area contributed by atoms with Gasteiger partial charge in [-0.25, -0.2) is 14.2 Å². The fourth-order valence-electron chi connectivity index (χ4n) is 2.66. The van der Waals surface area contributed by atoms with Crippen LogP contribution in [0.5, 0.6) is 5.75 Å². The molecule has 0 atom stereocenters. The zero-order chi connectivity index (χ0) is 18.1. The van der Waals surface area contributed by atoms with Crippen LogP contribution in [0.4, 0.5) is 4.39 Å². The fourth-order valence-corrected chi connectivity index (χ4v) is 2.66. The normalized spacial score (nSPS) is 11.0. The summed E-state index contributed by atoms with van der Waals surface area (Å²) in [6.45, 7) is 1.96. The average molecular weight is 351 g/mol. The van der Waals surface area contributed by atoms with Gasteiger partial charge < -0.3 is 13.6 Å². The highest BCUT2D eigenvalue weighted by molar-refractivity contribution is 5.81. The van der Waals surface area contributed by atoms with E-state index in [-0.39, 0.29) is 12.4 Å². The second-order valence-electron chi connectivity index (χ2n) is 5.82. The Morgan fingerprint density at radius 2 is 1.88 bits per heavy atom. The lowest BCUT2D eigenvalue weighted by Gasteiger charge is -2.05.